The van der Waals surface area contributed by atoms with Crippen LogP contribution < -0.4 is 9.47 Å². The van der Waals surface area contributed by atoms with Crippen molar-refractivity contribution in [1.29, 1.82) is 0 Å². The molecule has 0 saturated heterocycles. The largest absolute Gasteiger partial charge is 0.497 e. The highest BCUT2D eigenvalue weighted by Crippen LogP contribution is 2.33. The van der Waals surface area contributed by atoms with Gasteiger partial charge in [0, 0.05) is 12.3 Å². The van der Waals surface area contributed by atoms with Crippen LogP contribution in [0.25, 0.3) is 11.3 Å². The highest BCUT2D eigenvalue weighted by atomic mass is 35.5. The van der Waals surface area contributed by atoms with Gasteiger partial charge < -0.3 is 13.9 Å². The first-order valence-corrected chi connectivity index (χ1v) is 6.55. The van der Waals surface area contributed by atoms with Gasteiger partial charge in [0.25, 0.3) is 0 Å². The Morgan fingerprint density at radius 1 is 1.26 bits per heavy atom. The molecule has 0 spiro atoms. The molecule has 5 heteroatoms. The van der Waals surface area contributed by atoms with Crippen LogP contribution in [0.2, 0.25) is 0 Å². The molecule has 0 radical (unpaired) electrons. The van der Waals surface area contributed by atoms with Crippen LogP contribution in [0, 0.1) is 0 Å². The van der Waals surface area contributed by atoms with Crippen LogP contribution in [0.5, 0.6) is 11.5 Å². The minimum Gasteiger partial charge on any atom is -0.497 e. The Morgan fingerprint density at radius 3 is 2.79 bits per heavy atom. The van der Waals surface area contributed by atoms with Crippen LogP contribution in [-0.2, 0) is 6.42 Å². The number of aryl methyl sites for hydroxylation is 1. The Kier molecular flexibility index (Phi) is 4.68. The molecule has 0 fully saturated rings. The number of hydrogen-bond donors (Lipinski definition) is 0. The summed E-state index contributed by atoms with van der Waals surface area (Å²) in [5.74, 6) is 3.41. The van der Waals surface area contributed by atoms with E-state index in [-0.39, 0.29) is 0 Å². The molecule has 0 N–H and O–H groups in total. The van der Waals surface area contributed by atoms with Crippen molar-refractivity contribution < 1.29 is 13.9 Å². The molecule has 0 aliphatic rings. The van der Waals surface area contributed by atoms with Crippen molar-refractivity contribution in [1.82, 2.24) is 4.98 Å². The van der Waals surface area contributed by atoms with Gasteiger partial charge in [-0.3, -0.25) is 0 Å². The highest BCUT2D eigenvalue weighted by molar-refractivity contribution is 6.17. The summed E-state index contributed by atoms with van der Waals surface area (Å²) >= 11 is 5.66. The number of nitrogens with zero attached hydrogens (tertiary/aromatic N) is 1. The van der Waals surface area contributed by atoms with E-state index in [2.05, 4.69) is 4.98 Å². The minimum atomic E-state index is 0.597. The summed E-state index contributed by atoms with van der Waals surface area (Å²) in [6.45, 7) is 0. The van der Waals surface area contributed by atoms with Crippen LogP contribution in [0.4, 0.5) is 0 Å². The molecule has 1 heterocycles. The summed E-state index contributed by atoms with van der Waals surface area (Å²) in [6, 6.07) is 5.55. The zero-order valence-corrected chi connectivity index (χ0v) is 11.7. The molecule has 102 valence electrons. The Balaban J connectivity index is 2.31. The predicted molar refractivity (Wildman–Crippen MR) is 74.1 cm³/mol. The van der Waals surface area contributed by atoms with Crippen LogP contribution >= 0.6 is 11.6 Å². The van der Waals surface area contributed by atoms with Gasteiger partial charge in [0.2, 0.25) is 0 Å². The second-order valence-corrected chi connectivity index (χ2v) is 4.35. The number of methoxy groups -OCH3 is 2. The Morgan fingerprint density at radius 2 is 2.11 bits per heavy atom. The minimum absolute atomic E-state index is 0.597. The third-order valence-electron chi connectivity index (χ3n) is 2.75. The maximum Gasteiger partial charge on any atom is 0.194 e. The first-order chi connectivity index (χ1) is 9.28. The van der Waals surface area contributed by atoms with E-state index in [0.717, 1.165) is 29.9 Å². The molecular formula is C14H16ClNO3. The summed E-state index contributed by atoms with van der Waals surface area (Å²) < 4.78 is 16.2. The summed E-state index contributed by atoms with van der Waals surface area (Å²) in [4.78, 5) is 4.24. The Hall–Kier alpha value is -1.68. The molecule has 0 bridgehead atoms. The van der Waals surface area contributed by atoms with Gasteiger partial charge in [-0.2, -0.15) is 0 Å². The van der Waals surface area contributed by atoms with Crippen molar-refractivity contribution in [3.63, 3.8) is 0 Å². The molecule has 19 heavy (non-hydrogen) atoms. The molecule has 0 unspecified atom stereocenters. The fourth-order valence-electron chi connectivity index (χ4n) is 1.78. The summed E-state index contributed by atoms with van der Waals surface area (Å²) in [5, 5.41) is 0. The van der Waals surface area contributed by atoms with E-state index >= 15 is 0 Å². The molecule has 1 aromatic heterocycles. The van der Waals surface area contributed by atoms with Gasteiger partial charge in [0.1, 0.15) is 11.5 Å². The first kappa shape index (κ1) is 13.7. The van der Waals surface area contributed by atoms with Crippen LogP contribution in [0.15, 0.2) is 28.8 Å². The standard InChI is InChI=1S/C14H16ClNO3/c1-17-10-5-6-12(18-2)11(8-10)13-9-16-14(19-13)4-3-7-15/h5-6,8-9H,3-4,7H2,1-2H3. The fourth-order valence-corrected chi connectivity index (χ4v) is 1.91. The lowest BCUT2D eigenvalue weighted by atomic mass is 10.1. The van der Waals surface area contributed by atoms with E-state index in [1.54, 1.807) is 20.4 Å². The van der Waals surface area contributed by atoms with E-state index in [1.807, 2.05) is 18.2 Å². The number of oxazole rings is 1. The van der Waals surface area contributed by atoms with Crippen LogP contribution in [-0.4, -0.2) is 25.1 Å². The van der Waals surface area contributed by atoms with Gasteiger partial charge in [0.05, 0.1) is 26.0 Å². The molecule has 0 aliphatic heterocycles. The normalized spacial score (nSPS) is 10.5. The average Bonchev–Trinajstić information content (AvgIpc) is 2.93. The molecule has 2 aromatic rings. The van der Waals surface area contributed by atoms with E-state index < -0.39 is 0 Å². The maximum absolute atomic E-state index is 5.71. The molecule has 0 saturated carbocycles. The molecular weight excluding hydrogens is 266 g/mol. The average molecular weight is 282 g/mol. The molecule has 0 amide bonds. The van der Waals surface area contributed by atoms with Gasteiger partial charge in [0.15, 0.2) is 11.7 Å². The number of aromatic nitrogens is 1. The first-order valence-electron chi connectivity index (χ1n) is 6.01. The lowest BCUT2D eigenvalue weighted by Crippen LogP contribution is -1.89. The fraction of sp³-hybridized carbons (Fsp3) is 0.357. The lowest BCUT2D eigenvalue weighted by molar-refractivity contribution is 0.402. The van der Waals surface area contributed by atoms with Crippen molar-refractivity contribution in [3.8, 4) is 22.8 Å². The smallest absolute Gasteiger partial charge is 0.194 e. The second kappa shape index (κ2) is 6.48. The predicted octanol–water partition coefficient (Wildman–Crippen LogP) is 3.53. The van der Waals surface area contributed by atoms with Crippen molar-refractivity contribution in [2.45, 2.75) is 12.8 Å². The van der Waals surface area contributed by atoms with E-state index in [1.165, 1.54) is 0 Å². The summed E-state index contributed by atoms with van der Waals surface area (Å²) in [5.41, 5.74) is 0.825. The van der Waals surface area contributed by atoms with E-state index in [4.69, 9.17) is 25.5 Å². The monoisotopic (exact) mass is 281 g/mol. The van der Waals surface area contributed by atoms with Crippen LogP contribution in [0.1, 0.15) is 12.3 Å². The van der Waals surface area contributed by atoms with Gasteiger partial charge in [-0.25, -0.2) is 4.98 Å². The molecule has 1 aromatic carbocycles. The zero-order valence-electron chi connectivity index (χ0n) is 11.0. The van der Waals surface area contributed by atoms with Crippen molar-refractivity contribution in [2.75, 3.05) is 20.1 Å². The van der Waals surface area contributed by atoms with E-state index in [0.29, 0.717) is 17.5 Å². The van der Waals surface area contributed by atoms with Crippen LogP contribution in [0.3, 0.4) is 0 Å². The SMILES string of the molecule is COc1ccc(OC)c(-c2cnc(CCCCl)o2)c1. The highest BCUT2D eigenvalue weighted by Gasteiger charge is 2.12. The quantitative estimate of drug-likeness (QED) is 0.760. The van der Waals surface area contributed by atoms with Gasteiger partial charge in [-0.05, 0) is 24.6 Å². The molecule has 4 nitrogen and oxygen atoms in total. The van der Waals surface area contributed by atoms with Crippen molar-refractivity contribution in [3.05, 3.63) is 30.3 Å². The Labute approximate surface area is 117 Å². The molecule has 0 aliphatic carbocycles. The summed E-state index contributed by atoms with van der Waals surface area (Å²) in [6.07, 6.45) is 3.27. The van der Waals surface area contributed by atoms with Gasteiger partial charge in [-0.1, -0.05) is 0 Å². The number of benzene rings is 1. The van der Waals surface area contributed by atoms with Gasteiger partial charge >= 0.3 is 0 Å². The second-order valence-electron chi connectivity index (χ2n) is 3.98. The number of rotatable bonds is 6. The maximum atomic E-state index is 5.71. The van der Waals surface area contributed by atoms with E-state index in [9.17, 15) is 0 Å². The molecule has 2 rings (SSSR count). The number of hydrogen-bond acceptors (Lipinski definition) is 4. The Bertz CT molecular complexity index is 539. The lowest BCUT2D eigenvalue weighted by Gasteiger charge is -2.07. The zero-order chi connectivity index (χ0) is 13.7. The summed E-state index contributed by atoms with van der Waals surface area (Å²) in [7, 11) is 3.24. The van der Waals surface area contributed by atoms with Gasteiger partial charge in [-0.15, -0.1) is 11.6 Å². The molecule has 0 atom stereocenters. The van der Waals surface area contributed by atoms with Crippen molar-refractivity contribution in [2.24, 2.45) is 0 Å². The number of halogens is 1. The number of ether oxygens (including phenoxy) is 2. The van der Waals surface area contributed by atoms with Crippen molar-refractivity contribution >= 4 is 11.6 Å². The number of alkyl halides is 1. The topological polar surface area (TPSA) is 44.5 Å². The third-order valence-corrected chi connectivity index (χ3v) is 3.02. The third kappa shape index (κ3) is 3.20.